The highest BCUT2D eigenvalue weighted by molar-refractivity contribution is 6.74. The number of rotatable bonds is 7. The Morgan fingerprint density at radius 3 is 2.37 bits per heavy atom. The molecule has 1 amide bonds. The molecule has 2 fully saturated rings. The van der Waals surface area contributed by atoms with Gasteiger partial charge in [-0.05, 0) is 58.3 Å². The van der Waals surface area contributed by atoms with Crippen LogP contribution in [0, 0.1) is 0 Å². The van der Waals surface area contributed by atoms with Crippen LogP contribution >= 0.6 is 0 Å². The minimum Gasteiger partial charge on any atom is -0.443 e. The molecule has 2 aliphatic rings. The molecule has 234 valence electrons. The third kappa shape index (κ3) is 6.63. The van der Waals surface area contributed by atoms with Gasteiger partial charge in [-0.15, -0.1) is 0 Å². The van der Waals surface area contributed by atoms with Crippen LogP contribution in [0.25, 0.3) is 5.65 Å². The average Bonchev–Trinajstić information content (AvgIpc) is 3.55. The molecule has 2 saturated heterocycles. The second-order valence-electron chi connectivity index (χ2n) is 14.3. The van der Waals surface area contributed by atoms with Crippen LogP contribution in [0.1, 0.15) is 72.8 Å². The van der Waals surface area contributed by atoms with Gasteiger partial charge in [-0.3, -0.25) is 4.90 Å². The fraction of sp³-hybridized carbons (Fsp3) is 0.613. The third-order valence-electron chi connectivity index (χ3n) is 8.22. The zero-order valence-electron chi connectivity index (χ0n) is 27.0. The Kier molecular flexibility index (Phi) is 8.23. The number of nitrogens with zero attached hydrogens (tertiary/aromatic N) is 5. The number of carbonyl (C=O) groups excluding carboxylic acids is 1. The standard InChI is InChI=1S/C31H45N5O6Si/c1-29(2,3)42-28(37)35(17-20-14-12-11-13-15-20)26-27-32-16-21(36(27)34-19-33-26)23-25-24(40-31(7,8)41-25)22(39-23)18-38-43(9,10)30(4,5)6/h11-16,19,22-25H,17-18H2,1-10H3/t22-,23+,24-,25+/m1/s1. The monoisotopic (exact) mass is 611 g/mol. The topological polar surface area (TPSA) is 110 Å². The fourth-order valence-electron chi connectivity index (χ4n) is 5.08. The van der Waals surface area contributed by atoms with Crippen molar-refractivity contribution >= 4 is 25.9 Å². The lowest BCUT2D eigenvalue weighted by Crippen LogP contribution is -2.44. The molecule has 12 heteroatoms. The van der Waals surface area contributed by atoms with Crippen LogP contribution in [0.4, 0.5) is 10.6 Å². The van der Waals surface area contributed by atoms with Crippen LogP contribution in [0.15, 0.2) is 42.9 Å². The van der Waals surface area contributed by atoms with E-state index < -0.39 is 38.0 Å². The Balaban J connectivity index is 1.49. The number of carbonyl (C=O) groups is 1. The summed E-state index contributed by atoms with van der Waals surface area (Å²) < 4.78 is 33.3. The second-order valence-corrected chi connectivity index (χ2v) is 19.1. The van der Waals surface area contributed by atoms with Crippen LogP contribution in [0.2, 0.25) is 18.1 Å². The van der Waals surface area contributed by atoms with Gasteiger partial charge in [-0.1, -0.05) is 51.1 Å². The average molecular weight is 612 g/mol. The summed E-state index contributed by atoms with van der Waals surface area (Å²) in [5.41, 5.74) is 1.30. The van der Waals surface area contributed by atoms with Crippen LogP contribution in [0.5, 0.6) is 0 Å². The normalized spacial score (nSPS) is 23.9. The highest BCUT2D eigenvalue weighted by atomic mass is 28.4. The van der Waals surface area contributed by atoms with Gasteiger partial charge in [-0.25, -0.2) is 19.3 Å². The van der Waals surface area contributed by atoms with Gasteiger partial charge in [0.2, 0.25) is 0 Å². The molecule has 2 aliphatic heterocycles. The van der Waals surface area contributed by atoms with E-state index in [9.17, 15) is 4.79 Å². The van der Waals surface area contributed by atoms with E-state index in [0.717, 1.165) is 5.56 Å². The Bertz CT molecular complexity index is 1450. The third-order valence-corrected chi connectivity index (χ3v) is 12.7. The summed E-state index contributed by atoms with van der Waals surface area (Å²) in [7, 11) is -2.03. The van der Waals surface area contributed by atoms with E-state index in [1.54, 1.807) is 10.7 Å². The van der Waals surface area contributed by atoms with Crippen LogP contribution < -0.4 is 4.90 Å². The molecule has 0 aliphatic carbocycles. The number of amides is 1. The Hall–Kier alpha value is -2.90. The minimum absolute atomic E-state index is 0.0610. The molecule has 0 N–H and O–H groups in total. The quantitative estimate of drug-likeness (QED) is 0.295. The maximum Gasteiger partial charge on any atom is 0.416 e. The molecular weight excluding hydrogens is 566 g/mol. The van der Waals surface area contributed by atoms with E-state index in [0.29, 0.717) is 23.8 Å². The van der Waals surface area contributed by atoms with Crippen LogP contribution in [-0.4, -0.2) is 70.3 Å². The number of hydrogen-bond acceptors (Lipinski definition) is 9. The summed E-state index contributed by atoms with van der Waals surface area (Å²) in [6, 6.07) is 9.68. The molecule has 4 atom stereocenters. The van der Waals surface area contributed by atoms with Crippen LogP contribution in [-0.2, 0) is 29.9 Å². The molecule has 11 nitrogen and oxygen atoms in total. The lowest BCUT2D eigenvalue weighted by atomic mass is 10.1. The molecule has 5 rings (SSSR count). The fourth-order valence-corrected chi connectivity index (χ4v) is 6.09. The van der Waals surface area contributed by atoms with Crippen molar-refractivity contribution in [3.05, 3.63) is 54.1 Å². The zero-order valence-corrected chi connectivity index (χ0v) is 28.0. The largest absolute Gasteiger partial charge is 0.443 e. The highest BCUT2D eigenvalue weighted by Gasteiger charge is 2.57. The SMILES string of the molecule is CC(C)(C)OC(=O)N(Cc1ccccc1)c1ncnn2c([C@@H]3O[C@H](CO[Si](C)(C)C(C)(C)C)[C@H]4OC(C)(C)O[C@H]43)cnc12. The van der Waals surface area contributed by atoms with Crippen LogP contribution in [0.3, 0.4) is 0 Å². The molecule has 4 heterocycles. The Labute approximate surface area is 255 Å². The van der Waals surface area contributed by atoms with Gasteiger partial charge < -0.3 is 23.4 Å². The number of anilines is 1. The number of benzene rings is 1. The molecule has 43 heavy (non-hydrogen) atoms. The highest BCUT2D eigenvalue weighted by Crippen LogP contribution is 2.46. The van der Waals surface area contributed by atoms with Gasteiger partial charge in [0.25, 0.3) is 0 Å². The van der Waals surface area contributed by atoms with E-state index >= 15 is 0 Å². The van der Waals surface area contributed by atoms with E-state index in [1.165, 1.54) is 11.2 Å². The molecule has 0 unspecified atom stereocenters. The molecule has 0 saturated carbocycles. The van der Waals surface area contributed by atoms with Crippen molar-refractivity contribution < 1.29 is 28.2 Å². The van der Waals surface area contributed by atoms with Crippen molar-refractivity contribution in [3.8, 4) is 0 Å². The molecule has 2 aromatic heterocycles. The number of fused-ring (bicyclic) bond motifs is 2. The molecule has 0 bridgehead atoms. The van der Waals surface area contributed by atoms with Crippen molar-refractivity contribution in [2.24, 2.45) is 0 Å². The van der Waals surface area contributed by atoms with Crippen molar-refractivity contribution in [2.75, 3.05) is 11.5 Å². The maximum absolute atomic E-state index is 13.5. The molecule has 0 spiro atoms. The Morgan fingerprint density at radius 2 is 1.72 bits per heavy atom. The lowest BCUT2D eigenvalue weighted by Gasteiger charge is -2.37. The predicted molar refractivity (Wildman–Crippen MR) is 164 cm³/mol. The number of aromatic nitrogens is 4. The summed E-state index contributed by atoms with van der Waals surface area (Å²) in [5, 5.41) is 4.59. The van der Waals surface area contributed by atoms with E-state index in [2.05, 4.69) is 48.9 Å². The van der Waals surface area contributed by atoms with Gasteiger partial charge in [0.15, 0.2) is 25.6 Å². The summed E-state index contributed by atoms with van der Waals surface area (Å²) in [5.74, 6) is -0.452. The number of imidazole rings is 1. The van der Waals surface area contributed by atoms with Gasteiger partial charge >= 0.3 is 6.09 Å². The summed E-state index contributed by atoms with van der Waals surface area (Å²) in [6.45, 7) is 21.0. The maximum atomic E-state index is 13.5. The molecule has 1 aromatic carbocycles. The van der Waals surface area contributed by atoms with E-state index in [1.807, 2.05) is 65.0 Å². The zero-order chi connectivity index (χ0) is 31.4. The van der Waals surface area contributed by atoms with Crippen molar-refractivity contribution in [2.45, 2.75) is 116 Å². The lowest BCUT2D eigenvalue weighted by molar-refractivity contribution is -0.191. The van der Waals surface area contributed by atoms with E-state index in [-0.39, 0.29) is 23.8 Å². The summed E-state index contributed by atoms with van der Waals surface area (Å²) in [4.78, 5) is 24.2. The van der Waals surface area contributed by atoms with Gasteiger partial charge in [0, 0.05) is 0 Å². The number of hydrogen-bond donors (Lipinski definition) is 0. The predicted octanol–water partition coefficient (Wildman–Crippen LogP) is 6.05. The van der Waals surface area contributed by atoms with Gasteiger partial charge in [0.05, 0.1) is 25.0 Å². The van der Waals surface area contributed by atoms with Crippen molar-refractivity contribution in [1.82, 2.24) is 19.6 Å². The Morgan fingerprint density at radius 1 is 1.05 bits per heavy atom. The first kappa shape index (κ1) is 31.5. The summed E-state index contributed by atoms with van der Waals surface area (Å²) >= 11 is 0. The molecular formula is C31H45N5O6Si. The molecule has 3 aromatic rings. The minimum atomic E-state index is -2.03. The van der Waals surface area contributed by atoms with Gasteiger partial charge in [0.1, 0.15) is 36.3 Å². The first-order chi connectivity index (χ1) is 20.0. The first-order valence-electron chi connectivity index (χ1n) is 14.8. The van der Waals surface area contributed by atoms with Crippen molar-refractivity contribution in [3.63, 3.8) is 0 Å². The smallest absolute Gasteiger partial charge is 0.416 e. The van der Waals surface area contributed by atoms with Gasteiger partial charge in [-0.2, -0.15) is 5.10 Å². The first-order valence-corrected chi connectivity index (χ1v) is 17.7. The second kappa shape index (κ2) is 11.2. The molecule has 0 radical (unpaired) electrons. The van der Waals surface area contributed by atoms with Crippen molar-refractivity contribution in [1.29, 1.82) is 0 Å². The number of ether oxygens (including phenoxy) is 4. The summed E-state index contributed by atoms with van der Waals surface area (Å²) in [6.07, 6.45) is 1.000. The van der Waals surface area contributed by atoms with E-state index in [4.69, 9.17) is 23.4 Å².